The van der Waals surface area contributed by atoms with Crippen LogP contribution in [0.25, 0.3) is 0 Å². The van der Waals surface area contributed by atoms with Crippen LogP contribution in [0.1, 0.15) is 31.5 Å². The molecule has 0 radical (unpaired) electrons. The maximum absolute atomic E-state index is 11.1. The molecule has 0 spiro atoms. The third-order valence-electron chi connectivity index (χ3n) is 3.19. The molecule has 4 heteroatoms. The van der Waals surface area contributed by atoms with Gasteiger partial charge in [-0.05, 0) is 38.4 Å². The molecule has 1 aliphatic heterocycles. The number of rotatable bonds is 3. The van der Waals surface area contributed by atoms with Gasteiger partial charge in [0.25, 0.3) is 0 Å². The van der Waals surface area contributed by atoms with Gasteiger partial charge >= 0.3 is 5.97 Å². The largest absolute Gasteiger partial charge is 0.480 e. The highest BCUT2D eigenvalue weighted by Crippen LogP contribution is 2.27. The van der Waals surface area contributed by atoms with Crippen LogP contribution < -0.4 is 0 Å². The number of carboxylic acids is 1. The van der Waals surface area contributed by atoms with E-state index in [-0.39, 0.29) is 12.1 Å². The second kappa shape index (κ2) is 4.61. The highest BCUT2D eigenvalue weighted by Gasteiger charge is 2.34. The lowest BCUT2D eigenvalue weighted by atomic mass is 10.1. The number of aromatic nitrogens is 1. The van der Waals surface area contributed by atoms with E-state index in [0.29, 0.717) is 0 Å². The molecule has 1 N–H and O–H groups in total. The normalized spacial score (nSPS) is 23.2. The number of pyridine rings is 1. The summed E-state index contributed by atoms with van der Waals surface area (Å²) in [5, 5.41) is 9.12. The molecule has 1 fully saturated rings. The van der Waals surface area contributed by atoms with Crippen molar-refractivity contribution in [2.24, 2.45) is 0 Å². The Morgan fingerprint density at radius 2 is 2.44 bits per heavy atom. The van der Waals surface area contributed by atoms with Crippen molar-refractivity contribution in [2.45, 2.75) is 31.8 Å². The van der Waals surface area contributed by atoms with Crippen molar-refractivity contribution in [3.63, 3.8) is 0 Å². The fraction of sp³-hybridized carbons (Fsp3) is 0.500. The molecule has 1 aliphatic rings. The van der Waals surface area contributed by atoms with Crippen molar-refractivity contribution in [1.82, 2.24) is 9.88 Å². The number of aliphatic carboxylic acids is 1. The standard InChI is InChI=1S/C12H16N2O2/c1-9(10-5-2-3-7-13-10)14-8-4-6-11(14)12(15)16/h2-3,5,7,9,11H,4,6,8H2,1H3,(H,15,16)/t9?,11-/m0/s1. The van der Waals surface area contributed by atoms with Crippen molar-refractivity contribution in [3.05, 3.63) is 30.1 Å². The van der Waals surface area contributed by atoms with Crippen molar-refractivity contribution in [3.8, 4) is 0 Å². The zero-order chi connectivity index (χ0) is 11.5. The molecule has 0 saturated carbocycles. The Morgan fingerprint density at radius 1 is 1.62 bits per heavy atom. The van der Waals surface area contributed by atoms with E-state index in [1.165, 1.54) is 0 Å². The Labute approximate surface area is 94.9 Å². The highest BCUT2D eigenvalue weighted by atomic mass is 16.4. The average Bonchev–Trinajstić information content (AvgIpc) is 2.78. The van der Waals surface area contributed by atoms with Crippen LogP contribution in [0.15, 0.2) is 24.4 Å². The van der Waals surface area contributed by atoms with Crippen LogP contribution in [0.2, 0.25) is 0 Å². The number of hydrogen-bond donors (Lipinski definition) is 1. The second-order valence-corrected chi connectivity index (χ2v) is 4.16. The molecule has 2 atom stereocenters. The van der Waals surface area contributed by atoms with Gasteiger partial charge in [0.1, 0.15) is 6.04 Å². The smallest absolute Gasteiger partial charge is 0.320 e. The summed E-state index contributed by atoms with van der Waals surface area (Å²) >= 11 is 0. The van der Waals surface area contributed by atoms with Crippen LogP contribution in [0.5, 0.6) is 0 Å². The summed E-state index contributed by atoms with van der Waals surface area (Å²) in [6.45, 7) is 2.86. The van der Waals surface area contributed by atoms with E-state index in [0.717, 1.165) is 25.1 Å². The monoisotopic (exact) mass is 220 g/mol. The summed E-state index contributed by atoms with van der Waals surface area (Å²) in [4.78, 5) is 17.4. The maximum Gasteiger partial charge on any atom is 0.320 e. The van der Waals surface area contributed by atoms with Gasteiger partial charge in [-0.2, -0.15) is 0 Å². The first-order valence-corrected chi connectivity index (χ1v) is 5.59. The van der Waals surface area contributed by atoms with Crippen molar-refractivity contribution in [1.29, 1.82) is 0 Å². The van der Waals surface area contributed by atoms with Gasteiger partial charge in [0.2, 0.25) is 0 Å². The summed E-state index contributed by atoms with van der Waals surface area (Å²) < 4.78 is 0. The molecule has 0 amide bonds. The number of hydrogen-bond acceptors (Lipinski definition) is 3. The molecule has 1 aromatic rings. The van der Waals surface area contributed by atoms with Gasteiger partial charge in [0.05, 0.1) is 11.7 Å². The van der Waals surface area contributed by atoms with Crippen LogP contribution in [-0.4, -0.2) is 33.5 Å². The summed E-state index contributed by atoms with van der Waals surface area (Å²) in [7, 11) is 0. The van der Waals surface area contributed by atoms with Crippen molar-refractivity contribution in [2.75, 3.05) is 6.54 Å². The third-order valence-corrected chi connectivity index (χ3v) is 3.19. The topological polar surface area (TPSA) is 53.4 Å². The molecule has 2 rings (SSSR count). The minimum absolute atomic E-state index is 0.0739. The summed E-state index contributed by atoms with van der Waals surface area (Å²) in [5.74, 6) is -0.722. The lowest BCUT2D eigenvalue weighted by molar-refractivity contribution is -0.142. The molecule has 0 aromatic carbocycles. The lowest BCUT2D eigenvalue weighted by Gasteiger charge is -2.27. The zero-order valence-electron chi connectivity index (χ0n) is 9.34. The Morgan fingerprint density at radius 3 is 3.06 bits per heavy atom. The Hall–Kier alpha value is -1.42. The molecular weight excluding hydrogens is 204 g/mol. The first kappa shape index (κ1) is 11.1. The molecule has 0 aliphatic carbocycles. The first-order chi connectivity index (χ1) is 7.70. The summed E-state index contributed by atoms with van der Waals surface area (Å²) in [6.07, 6.45) is 3.44. The van der Waals surface area contributed by atoms with E-state index >= 15 is 0 Å². The molecule has 0 bridgehead atoms. The maximum atomic E-state index is 11.1. The SMILES string of the molecule is CC(c1ccccn1)N1CCC[C@H]1C(=O)O. The molecule has 1 saturated heterocycles. The van der Waals surface area contributed by atoms with E-state index in [4.69, 9.17) is 5.11 Å². The predicted octanol–water partition coefficient (Wildman–Crippen LogP) is 1.69. The van der Waals surface area contributed by atoms with Gasteiger partial charge in [-0.1, -0.05) is 6.07 Å². The van der Waals surface area contributed by atoms with Crippen LogP contribution in [0, 0.1) is 0 Å². The first-order valence-electron chi connectivity index (χ1n) is 5.59. The van der Waals surface area contributed by atoms with Crippen LogP contribution in [-0.2, 0) is 4.79 Å². The van der Waals surface area contributed by atoms with Gasteiger partial charge in [-0.15, -0.1) is 0 Å². The third kappa shape index (κ3) is 2.07. The molecule has 4 nitrogen and oxygen atoms in total. The Balaban J connectivity index is 2.15. The average molecular weight is 220 g/mol. The fourth-order valence-electron chi connectivity index (χ4n) is 2.31. The van der Waals surface area contributed by atoms with Gasteiger partial charge in [-0.3, -0.25) is 14.7 Å². The molecule has 1 unspecified atom stereocenters. The number of carboxylic acid groups (broad SMARTS) is 1. The second-order valence-electron chi connectivity index (χ2n) is 4.16. The van der Waals surface area contributed by atoms with Crippen molar-refractivity contribution >= 4 is 5.97 Å². The highest BCUT2D eigenvalue weighted by molar-refractivity contribution is 5.73. The zero-order valence-corrected chi connectivity index (χ0v) is 9.34. The van der Waals surface area contributed by atoms with Crippen LogP contribution in [0.3, 0.4) is 0 Å². The van der Waals surface area contributed by atoms with Crippen LogP contribution >= 0.6 is 0 Å². The van der Waals surface area contributed by atoms with Gasteiger partial charge < -0.3 is 5.11 Å². The van der Waals surface area contributed by atoms with Crippen molar-refractivity contribution < 1.29 is 9.90 Å². The molecule has 86 valence electrons. The van der Waals surface area contributed by atoms with E-state index in [9.17, 15) is 4.79 Å². The number of nitrogens with zero attached hydrogens (tertiary/aromatic N) is 2. The van der Waals surface area contributed by atoms with Crippen LogP contribution in [0.4, 0.5) is 0 Å². The minimum atomic E-state index is -0.722. The fourth-order valence-corrected chi connectivity index (χ4v) is 2.31. The Kier molecular flexibility index (Phi) is 3.19. The lowest BCUT2D eigenvalue weighted by Crippen LogP contribution is -2.37. The van der Waals surface area contributed by atoms with E-state index in [1.807, 2.05) is 30.0 Å². The quantitative estimate of drug-likeness (QED) is 0.842. The van der Waals surface area contributed by atoms with Gasteiger partial charge in [0, 0.05) is 6.20 Å². The molecule has 1 aromatic heterocycles. The summed E-state index contributed by atoms with van der Waals surface area (Å²) in [5.41, 5.74) is 0.940. The number of likely N-dealkylation sites (tertiary alicyclic amines) is 1. The Bertz CT molecular complexity index is 367. The van der Waals surface area contributed by atoms with Gasteiger partial charge in [-0.25, -0.2) is 0 Å². The summed E-state index contributed by atoms with van der Waals surface area (Å²) in [6, 6.07) is 5.48. The van der Waals surface area contributed by atoms with E-state index < -0.39 is 5.97 Å². The minimum Gasteiger partial charge on any atom is -0.480 e. The van der Waals surface area contributed by atoms with E-state index in [2.05, 4.69) is 4.98 Å². The van der Waals surface area contributed by atoms with E-state index in [1.54, 1.807) is 6.20 Å². The molecular formula is C12H16N2O2. The number of carbonyl (C=O) groups is 1. The molecule has 16 heavy (non-hydrogen) atoms. The predicted molar refractivity (Wildman–Crippen MR) is 60.0 cm³/mol. The van der Waals surface area contributed by atoms with Gasteiger partial charge in [0.15, 0.2) is 0 Å². The molecule has 2 heterocycles.